The van der Waals surface area contributed by atoms with Crippen LogP contribution in [0.25, 0.3) is 0 Å². The Kier molecular flexibility index (Phi) is 4.86. The molecule has 1 aliphatic rings. The minimum absolute atomic E-state index is 0.00368. The van der Waals surface area contributed by atoms with Crippen LogP contribution in [0, 0.1) is 0 Å². The van der Waals surface area contributed by atoms with Gasteiger partial charge < -0.3 is 19.9 Å². The number of tetrazole rings is 1. The van der Waals surface area contributed by atoms with E-state index in [-0.39, 0.29) is 18.1 Å². The summed E-state index contributed by atoms with van der Waals surface area (Å²) in [6.07, 6.45) is 0. The lowest BCUT2D eigenvalue weighted by Crippen LogP contribution is -2.29. The highest BCUT2D eigenvalue weighted by Crippen LogP contribution is 2.38. The van der Waals surface area contributed by atoms with Crippen molar-refractivity contribution in [3.63, 3.8) is 0 Å². The Bertz CT molecular complexity index is 1080. The number of benzene rings is 2. The third kappa shape index (κ3) is 3.49. The number of esters is 1. The van der Waals surface area contributed by atoms with E-state index in [9.17, 15) is 9.90 Å². The number of phenols is 1. The Morgan fingerprint density at radius 1 is 1.24 bits per heavy atom. The smallest absolute Gasteiger partial charge is 0.338 e. The van der Waals surface area contributed by atoms with Crippen LogP contribution in [0.3, 0.4) is 0 Å². The number of allylic oxidation sites excluding steroid dienone is 1. The van der Waals surface area contributed by atoms with Gasteiger partial charge in [-0.05, 0) is 40.6 Å². The second-order valence-corrected chi connectivity index (χ2v) is 6.51. The molecule has 2 aromatic carbocycles. The molecular formula is C20H19N5O4. The Morgan fingerprint density at radius 3 is 2.79 bits per heavy atom. The molecule has 0 radical (unpaired) electrons. The molecule has 4 rings (SSSR count). The van der Waals surface area contributed by atoms with Crippen molar-refractivity contribution in [1.82, 2.24) is 20.2 Å². The van der Waals surface area contributed by atoms with E-state index in [0.29, 0.717) is 22.8 Å². The van der Waals surface area contributed by atoms with Crippen LogP contribution >= 0.6 is 0 Å². The molecule has 0 saturated carbocycles. The SMILES string of the molecule is COc1cc([C@@H]2C(C(=O)OCc3ccccc3)=C(C)Nc3nnnn32)ccc1O. The number of nitrogens with zero attached hydrogens (tertiary/aromatic N) is 4. The lowest BCUT2D eigenvalue weighted by molar-refractivity contribution is -0.140. The molecule has 9 nitrogen and oxygen atoms in total. The third-order valence-electron chi connectivity index (χ3n) is 4.67. The highest BCUT2D eigenvalue weighted by Gasteiger charge is 2.35. The number of anilines is 1. The summed E-state index contributed by atoms with van der Waals surface area (Å²) >= 11 is 0. The van der Waals surface area contributed by atoms with E-state index in [1.54, 1.807) is 19.1 Å². The van der Waals surface area contributed by atoms with Gasteiger partial charge in [0.15, 0.2) is 11.5 Å². The summed E-state index contributed by atoms with van der Waals surface area (Å²) in [6.45, 7) is 1.91. The van der Waals surface area contributed by atoms with Gasteiger partial charge in [-0.3, -0.25) is 0 Å². The minimum atomic E-state index is -0.640. The van der Waals surface area contributed by atoms with Gasteiger partial charge in [-0.2, -0.15) is 4.68 Å². The van der Waals surface area contributed by atoms with Crippen molar-refractivity contribution in [2.24, 2.45) is 0 Å². The van der Waals surface area contributed by atoms with E-state index in [4.69, 9.17) is 9.47 Å². The van der Waals surface area contributed by atoms with Crippen LogP contribution < -0.4 is 10.1 Å². The average Bonchev–Trinajstić information content (AvgIpc) is 3.20. The quantitative estimate of drug-likeness (QED) is 0.636. The maximum Gasteiger partial charge on any atom is 0.338 e. The number of carbonyl (C=O) groups is 1. The van der Waals surface area contributed by atoms with Crippen molar-refractivity contribution in [3.05, 3.63) is 70.9 Å². The molecule has 0 amide bonds. The van der Waals surface area contributed by atoms with E-state index in [1.807, 2.05) is 30.3 Å². The van der Waals surface area contributed by atoms with Crippen LogP contribution in [0.15, 0.2) is 59.8 Å². The van der Waals surface area contributed by atoms with Gasteiger partial charge in [0.25, 0.3) is 0 Å². The van der Waals surface area contributed by atoms with Gasteiger partial charge >= 0.3 is 5.97 Å². The number of methoxy groups -OCH3 is 1. The number of phenolic OH excluding ortho intramolecular Hbond substituents is 1. The first-order chi connectivity index (χ1) is 14.1. The Hall–Kier alpha value is -3.88. The second kappa shape index (κ2) is 7.63. The molecule has 2 N–H and O–H groups in total. The summed E-state index contributed by atoms with van der Waals surface area (Å²) < 4.78 is 12.3. The Balaban J connectivity index is 1.71. The van der Waals surface area contributed by atoms with E-state index in [2.05, 4.69) is 20.8 Å². The largest absolute Gasteiger partial charge is 0.504 e. The molecular weight excluding hydrogens is 374 g/mol. The van der Waals surface area contributed by atoms with Crippen molar-refractivity contribution in [2.75, 3.05) is 12.4 Å². The molecule has 9 heteroatoms. The summed E-state index contributed by atoms with van der Waals surface area (Å²) in [6, 6.07) is 13.6. The predicted molar refractivity (Wildman–Crippen MR) is 103 cm³/mol. The molecule has 148 valence electrons. The van der Waals surface area contributed by atoms with Crippen molar-refractivity contribution in [1.29, 1.82) is 0 Å². The number of ether oxygens (including phenoxy) is 2. The summed E-state index contributed by atoms with van der Waals surface area (Å²) in [7, 11) is 1.46. The number of nitrogens with one attached hydrogen (secondary N) is 1. The van der Waals surface area contributed by atoms with Crippen LogP contribution in [0.2, 0.25) is 0 Å². The van der Waals surface area contributed by atoms with Gasteiger partial charge in [-0.15, -0.1) is 0 Å². The molecule has 29 heavy (non-hydrogen) atoms. The minimum Gasteiger partial charge on any atom is -0.504 e. The van der Waals surface area contributed by atoms with Crippen LogP contribution in [-0.2, 0) is 16.1 Å². The first-order valence-electron chi connectivity index (χ1n) is 8.92. The van der Waals surface area contributed by atoms with Crippen LogP contribution in [0.5, 0.6) is 11.5 Å². The van der Waals surface area contributed by atoms with Crippen LogP contribution in [-0.4, -0.2) is 38.4 Å². The highest BCUT2D eigenvalue weighted by atomic mass is 16.5. The number of aromatic hydroxyl groups is 1. The molecule has 3 aromatic rings. The van der Waals surface area contributed by atoms with E-state index >= 15 is 0 Å². The lowest BCUT2D eigenvalue weighted by atomic mass is 9.95. The van der Waals surface area contributed by atoms with E-state index in [1.165, 1.54) is 17.9 Å². The Morgan fingerprint density at radius 2 is 2.03 bits per heavy atom. The van der Waals surface area contributed by atoms with Crippen LogP contribution in [0.4, 0.5) is 5.95 Å². The van der Waals surface area contributed by atoms with Crippen molar-refractivity contribution < 1.29 is 19.4 Å². The van der Waals surface area contributed by atoms with Gasteiger partial charge in [0.2, 0.25) is 5.95 Å². The number of hydrogen-bond donors (Lipinski definition) is 2. The fraction of sp³-hybridized carbons (Fsp3) is 0.200. The molecule has 1 aromatic heterocycles. The highest BCUT2D eigenvalue weighted by molar-refractivity contribution is 5.92. The predicted octanol–water partition coefficient (Wildman–Crippen LogP) is 2.42. The van der Waals surface area contributed by atoms with Crippen molar-refractivity contribution in [3.8, 4) is 11.5 Å². The standard InChI is InChI=1S/C20H19N5O4/c1-12-17(19(27)29-11-13-6-4-3-5-7-13)18(25-20(21-12)22-23-24-25)14-8-9-15(26)16(10-14)28-2/h3-10,18,26H,11H2,1-2H3,(H,21,22,24)/t18-/m1/s1. The summed E-state index contributed by atoms with van der Waals surface area (Å²) in [5.74, 6) is 0.192. The fourth-order valence-corrected chi connectivity index (χ4v) is 3.25. The fourth-order valence-electron chi connectivity index (χ4n) is 3.25. The number of aromatic nitrogens is 4. The molecule has 0 fully saturated rings. The van der Waals surface area contributed by atoms with E-state index in [0.717, 1.165) is 5.56 Å². The molecule has 0 spiro atoms. The van der Waals surface area contributed by atoms with Crippen molar-refractivity contribution in [2.45, 2.75) is 19.6 Å². The molecule has 1 aliphatic heterocycles. The van der Waals surface area contributed by atoms with Gasteiger partial charge in [0.05, 0.1) is 12.7 Å². The monoisotopic (exact) mass is 393 g/mol. The molecule has 0 saturated heterocycles. The van der Waals surface area contributed by atoms with Crippen molar-refractivity contribution >= 4 is 11.9 Å². The maximum absolute atomic E-state index is 13.0. The van der Waals surface area contributed by atoms with Crippen LogP contribution in [0.1, 0.15) is 24.1 Å². The average molecular weight is 393 g/mol. The lowest BCUT2D eigenvalue weighted by Gasteiger charge is -2.27. The molecule has 2 heterocycles. The van der Waals surface area contributed by atoms with Gasteiger partial charge in [-0.1, -0.05) is 41.5 Å². The van der Waals surface area contributed by atoms with Gasteiger partial charge in [-0.25, -0.2) is 4.79 Å². The number of fused-ring (bicyclic) bond motifs is 1. The maximum atomic E-state index is 13.0. The normalized spacial score (nSPS) is 15.4. The Labute approximate surface area is 166 Å². The van der Waals surface area contributed by atoms with Gasteiger partial charge in [0.1, 0.15) is 12.6 Å². The second-order valence-electron chi connectivity index (χ2n) is 6.51. The zero-order valence-corrected chi connectivity index (χ0v) is 15.9. The zero-order valence-electron chi connectivity index (χ0n) is 15.9. The molecule has 0 unspecified atom stereocenters. The summed E-state index contributed by atoms with van der Waals surface area (Å²) in [5.41, 5.74) is 2.51. The first-order valence-corrected chi connectivity index (χ1v) is 8.92. The van der Waals surface area contributed by atoms with E-state index < -0.39 is 12.0 Å². The topological polar surface area (TPSA) is 111 Å². The molecule has 0 aliphatic carbocycles. The molecule has 0 bridgehead atoms. The number of hydrogen-bond acceptors (Lipinski definition) is 8. The van der Waals surface area contributed by atoms with Gasteiger partial charge in [0, 0.05) is 5.70 Å². The third-order valence-corrected chi connectivity index (χ3v) is 4.67. The summed E-state index contributed by atoms with van der Waals surface area (Å²) in [4.78, 5) is 13.0. The number of rotatable bonds is 5. The summed E-state index contributed by atoms with van der Waals surface area (Å²) in [5, 5.41) is 24.7. The zero-order chi connectivity index (χ0) is 20.4. The number of carbonyl (C=O) groups excluding carboxylic acids is 1. The first kappa shape index (κ1) is 18.5. The molecule has 1 atom stereocenters.